The van der Waals surface area contributed by atoms with Gasteiger partial charge in [0, 0.05) is 30.2 Å². The Morgan fingerprint density at radius 2 is 1.80 bits per heavy atom. The second-order valence-electron chi connectivity index (χ2n) is 8.86. The number of ether oxygens (including phenoxy) is 3. The quantitative estimate of drug-likeness (QED) is 0.128. The zero-order chi connectivity index (χ0) is 29.2. The molecular formula is C30H28Cl2N4O5. The van der Waals surface area contributed by atoms with Gasteiger partial charge in [-0.15, -0.1) is 0 Å². The maximum atomic E-state index is 12.4. The second kappa shape index (κ2) is 14.3. The minimum atomic E-state index is -0.310. The van der Waals surface area contributed by atoms with E-state index in [0.29, 0.717) is 64.7 Å². The minimum Gasteiger partial charge on any atom is -0.497 e. The van der Waals surface area contributed by atoms with Gasteiger partial charge < -0.3 is 24.4 Å². The molecule has 4 aromatic rings. The van der Waals surface area contributed by atoms with Crippen molar-refractivity contribution < 1.29 is 23.8 Å². The van der Waals surface area contributed by atoms with E-state index < -0.39 is 0 Å². The number of aromatic nitrogens is 2. The molecule has 9 nitrogen and oxygen atoms in total. The molecule has 1 N–H and O–H groups in total. The maximum absolute atomic E-state index is 12.4. The van der Waals surface area contributed by atoms with E-state index in [1.165, 1.54) is 13.4 Å². The van der Waals surface area contributed by atoms with Gasteiger partial charge in [0.2, 0.25) is 0 Å². The van der Waals surface area contributed by atoms with Gasteiger partial charge in [-0.1, -0.05) is 41.4 Å². The number of rotatable bonds is 13. The molecule has 11 heteroatoms. The topological polar surface area (TPSA) is 103 Å². The van der Waals surface area contributed by atoms with E-state index in [2.05, 4.69) is 15.3 Å². The lowest BCUT2D eigenvalue weighted by molar-refractivity contribution is -0.140. The molecule has 0 aliphatic heterocycles. The number of hydrogen-bond donors (Lipinski definition) is 1. The Morgan fingerprint density at radius 3 is 2.49 bits per heavy atom. The first-order valence-electron chi connectivity index (χ1n) is 12.6. The molecule has 212 valence electrons. The van der Waals surface area contributed by atoms with E-state index in [0.717, 1.165) is 11.3 Å². The van der Waals surface area contributed by atoms with Crippen LogP contribution >= 0.6 is 23.2 Å². The summed E-state index contributed by atoms with van der Waals surface area (Å²) in [5.41, 5.74) is 1.82. The molecule has 0 amide bonds. The first-order valence-corrected chi connectivity index (χ1v) is 13.4. The standard InChI is InChI=1S/C30H28Cl2N4O5/c1-39-23-11-8-20(9-12-23)17-36(14-4-7-28(38)40-2)30-25(18-37)29(33-19-34-30)35-22-10-13-27(26(32)16-22)41-24-6-3-5-21(31)15-24/h3,5-6,8-13,15-16,18-19H,4,7,14,17H2,1-2H3,(H,33,34,35). The number of nitrogens with zero attached hydrogens (tertiary/aromatic N) is 3. The molecule has 0 unspecified atom stereocenters. The molecule has 0 spiro atoms. The molecule has 0 saturated heterocycles. The summed E-state index contributed by atoms with van der Waals surface area (Å²) in [6.07, 6.45) is 2.81. The van der Waals surface area contributed by atoms with Gasteiger partial charge in [-0.05, 0) is 60.5 Å². The van der Waals surface area contributed by atoms with Gasteiger partial charge in [-0.3, -0.25) is 9.59 Å². The van der Waals surface area contributed by atoms with E-state index in [4.69, 9.17) is 37.4 Å². The van der Waals surface area contributed by atoms with Crippen molar-refractivity contribution in [2.45, 2.75) is 19.4 Å². The van der Waals surface area contributed by atoms with Crippen molar-refractivity contribution in [2.75, 3.05) is 31.0 Å². The molecular weight excluding hydrogens is 567 g/mol. The number of aldehydes is 1. The van der Waals surface area contributed by atoms with Crippen LogP contribution in [0.1, 0.15) is 28.8 Å². The summed E-state index contributed by atoms with van der Waals surface area (Å²) in [6.45, 7) is 0.879. The maximum Gasteiger partial charge on any atom is 0.305 e. The van der Waals surface area contributed by atoms with E-state index >= 15 is 0 Å². The van der Waals surface area contributed by atoms with Crippen molar-refractivity contribution in [3.63, 3.8) is 0 Å². The normalized spacial score (nSPS) is 10.5. The fraction of sp³-hybridized carbons (Fsp3) is 0.200. The highest BCUT2D eigenvalue weighted by molar-refractivity contribution is 6.32. The number of carbonyl (C=O) groups is 2. The molecule has 41 heavy (non-hydrogen) atoms. The smallest absolute Gasteiger partial charge is 0.305 e. The molecule has 0 bridgehead atoms. The number of nitrogens with one attached hydrogen (secondary N) is 1. The Kier molecular flexibility index (Phi) is 10.4. The van der Waals surface area contributed by atoms with Crippen molar-refractivity contribution in [3.05, 3.63) is 94.2 Å². The average Bonchev–Trinajstić information content (AvgIpc) is 2.98. The van der Waals surface area contributed by atoms with Gasteiger partial charge in [0.15, 0.2) is 6.29 Å². The van der Waals surface area contributed by atoms with Crippen LogP contribution in [0.3, 0.4) is 0 Å². The molecule has 0 radical (unpaired) electrons. The van der Waals surface area contributed by atoms with Crippen LogP contribution in [0.4, 0.5) is 17.3 Å². The Balaban J connectivity index is 1.58. The first kappa shape index (κ1) is 29.6. The zero-order valence-corrected chi connectivity index (χ0v) is 24.0. The van der Waals surface area contributed by atoms with Crippen LogP contribution in [-0.2, 0) is 16.1 Å². The highest BCUT2D eigenvalue weighted by Gasteiger charge is 2.19. The number of hydrogen-bond acceptors (Lipinski definition) is 9. The van der Waals surface area contributed by atoms with Gasteiger partial charge in [0.25, 0.3) is 0 Å². The number of benzene rings is 3. The third-order valence-corrected chi connectivity index (χ3v) is 6.60. The lowest BCUT2D eigenvalue weighted by Crippen LogP contribution is -2.27. The van der Waals surface area contributed by atoms with Crippen LogP contribution in [0.2, 0.25) is 10.0 Å². The number of esters is 1. The number of carbonyl (C=O) groups excluding carboxylic acids is 2. The lowest BCUT2D eigenvalue weighted by atomic mass is 10.1. The number of methoxy groups -OCH3 is 2. The van der Waals surface area contributed by atoms with Crippen molar-refractivity contribution in [1.82, 2.24) is 9.97 Å². The Bertz CT molecular complexity index is 1500. The van der Waals surface area contributed by atoms with Crippen molar-refractivity contribution in [3.8, 4) is 17.2 Å². The SMILES string of the molecule is COC(=O)CCCN(Cc1ccc(OC)cc1)c1ncnc(Nc2ccc(Oc3cccc(Cl)c3)c(Cl)c2)c1C=O. The number of halogens is 2. The Hall–Kier alpha value is -4.34. The number of anilines is 3. The van der Waals surface area contributed by atoms with Gasteiger partial charge >= 0.3 is 5.97 Å². The summed E-state index contributed by atoms with van der Waals surface area (Å²) in [5.74, 6) is 2.13. The van der Waals surface area contributed by atoms with Crippen molar-refractivity contribution in [1.29, 1.82) is 0 Å². The Morgan fingerprint density at radius 1 is 1.00 bits per heavy atom. The summed E-state index contributed by atoms with van der Waals surface area (Å²) in [5, 5.41) is 4.05. The second-order valence-corrected chi connectivity index (χ2v) is 9.70. The van der Waals surface area contributed by atoms with Crippen LogP contribution < -0.4 is 19.7 Å². The highest BCUT2D eigenvalue weighted by atomic mass is 35.5. The summed E-state index contributed by atoms with van der Waals surface area (Å²) in [4.78, 5) is 34.8. The van der Waals surface area contributed by atoms with Crippen LogP contribution in [0.5, 0.6) is 17.2 Å². The average molecular weight is 595 g/mol. The largest absolute Gasteiger partial charge is 0.497 e. The molecule has 1 aromatic heterocycles. The predicted octanol–water partition coefficient (Wildman–Crippen LogP) is 7.10. The third kappa shape index (κ3) is 8.09. The van der Waals surface area contributed by atoms with Gasteiger partial charge in [-0.25, -0.2) is 9.97 Å². The first-order chi connectivity index (χ1) is 19.9. The summed E-state index contributed by atoms with van der Waals surface area (Å²) >= 11 is 12.5. The van der Waals surface area contributed by atoms with Crippen molar-refractivity contribution in [2.24, 2.45) is 0 Å². The highest BCUT2D eigenvalue weighted by Crippen LogP contribution is 2.34. The van der Waals surface area contributed by atoms with Crippen molar-refractivity contribution >= 4 is 52.8 Å². The summed E-state index contributed by atoms with van der Waals surface area (Å²) < 4.78 is 15.9. The summed E-state index contributed by atoms with van der Waals surface area (Å²) in [7, 11) is 2.96. The molecule has 0 aliphatic rings. The minimum absolute atomic E-state index is 0.227. The molecule has 3 aromatic carbocycles. The monoisotopic (exact) mass is 594 g/mol. The van der Waals surface area contributed by atoms with Crippen LogP contribution in [-0.4, -0.2) is 43.0 Å². The van der Waals surface area contributed by atoms with E-state index in [1.54, 1.807) is 49.6 Å². The van der Waals surface area contributed by atoms with Gasteiger partial charge in [0.05, 0.1) is 24.8 Å². The zero-order valence-electron chi connectivity index (χ0n) is 22.5. The molecule has 0 aliphatic carbocycles. The fourth-order valence-electron chi connectivity index (χ4n) is 4.03. The van der Waals surface area contributed by atoms with Gasteiger partial charge in [0.1, 0.15) is 35.2 Å². The lowest BCUT2D eigenvalue weighted by Gasteiger charge is -2.26. The van der Waals surface area contributed by atoms with Crippen LogP contribution in [0.25, 0.3) is 0 Å². The third-order valence-electron chi connectivity index (χ3n) is 6.07. The predicted molar refractivity (Wildman–Crippen MR) is 159 cm³/mol. The summed E-state index contributed by atoms with van der Waals surface area (Å²) in [6, 6.07) is 19.7. The van der Waals surface area contributed by atoms with Crippen LogP contribution in [0.15, 0.2) is 73.1 Å². The van der Waals surface area contributed by atoms with E-state index in [1.807, 2.05) is 29.2 Å². The molecule has 0 atom stereocenters. The fourth-order valence-corrected chi connectivity index (χ4v) is 4.43. The van der Waals surface area contributed by atoms with Gasteiger partial charge in [-0.2, -0.15) is 0 Å². The van der Waals surface area contributed by atoms with E-state index in [-0.39, 0.29) is 18.0 Å². The van der Waals surface area contributed by atoms with E-state index in [9.17, 15) is 9.59 Å². The Labute approximate surface area is 248 Å². The van der Waals surface area contributed by atoms with Crippen LogP contribution in [0, 0.1) is 0 Å². The molecule has 0 fully saturated rings. The molecule has 1 heterocycles. The molecule has 0 saturated carbocycles. The molecule has 4 rings (SSSR count).